The molecule has 0 amide bonds. The highest BCUT2D eigenvalue weighted by atomic mass is 32.1. The van der Waals surface area contributed by atoms with Crippen LogP contribution in [0.25, 0.3) is 88.7 Å². The third-order valence-corrected chi connectivity index (χ3v) is 9.46. The first-order chi connectivity index (χ1) is 21.7. The average Bonchev–Trinajstić information content (AvgIpc) is 3.46. The van der Waals surface area contributed by atoms with Gasteiger partial charge in [-0.05, 0) is 56.9 Å². The van der Waals surface area contributed by atoms with E-state index in [0.717, 1.165) is 26.3 Å². The second-order valence-corrected chi connectivity index (χ2v) is 11.8. The number of thiophene rings is 1. The van der Waals surface area contributed by atoms with Gasteiger partial charge in [0.15, 0.2) is 17.5 Å². The van der Waals surface area contributed by atoms with Crippen molar-refractivity contribution in [1.82, 2.24) is 15.0 Å². The van der Waals surface area contributed by atoms with Crippen LogP contribution in [0.4, 0.5) is 0 Å². The minimum Gasteiger partial charge on any atom is -0.208 e. The first-order valence-electron chi connectivity index (χ1n) is 14.7. The molecular formula is C40H27N3S. The van der Waals surface area contributed by atoms with Crippen molar-refractivity contribution in [1.29, 1.82) is 0 Å². The molecule has 0 aliphatic carbocycles. The lowest BCUT2D eigenvalue weighted by Crippen LogP contribution is -2.00. The highest BCUT2D eigenvalue weighted by Gasteiger charge is 2.18. The maximum absolute atomic E-state index is 5.15. The summed E-state index contributed by atoms with van der Waals surface area (Å²) in [4.78, 5) is 16.4. The SMILES string of the molecule is C=Cc1sc2c(-c3nc(-c4ccccc4)nc(-c4ccc5c6ccccc6c6ccccc6c5c4)n3)cccc2c1/C=C\C. The lowest BCUT2D eigenvalue weighted by atomic mass is 9.93. The van der Waals surface area contributed by atoms with Gasteiger partial charge in [-0.15, -0.1) is 11.3 Å². The normalized spacial score (nSPS) is 11.8. The second kappa shape index (κ2) is 10.7. The lowest BCUT2D eigenvalue weighted by molar-refractivity contribution is 1.08. The summed E-state index contributed by atoms with van der Waals surface area (Å²) in [5.74, 6) is 1.96. The van der Waals surface area contributed by atoms with Crippen molar-refractivity contribution in [2.24, 2.45) is 0 Å². The Morgan fingerprint density at radius 1 is 0.545 bits per heavy atom. The third kappa shape index (κ3) is 4.23. The van der Waals surface area contributed by atoms with Gasteiger partial charge in [0.05, 0.1) is 0 Å². The number of allylic oxidation sites excluding steroid dienone is 1. The Labute approximate surface area is 259 Å². The zero-order valence-corrected chi connectivity index (χ0v) is 25.0. The minimum absolute atomic E-state index is 0.652. The van der Waals surface area contributed by atoms with E-state index < -0.39 is 0 Å². The maximum Gasteiger partial charge on any atom is 0.165 e. The fraction of sp³-hybridized carbons (Fsp3) is 0.0250. The molecule has 0 bridgehead atoms. The monoisotopic (exact) mass is 581 g/mol. The highest BCUT2D eigenvalue weighted by molar-refractivity contribution is 7.20. The van der Waals surface area contributed by atoms with E-state index in [1.807, 2.05) is 31.2 Å². The molecule has 0 saturated heterocycles. The molecule has 0 aliphatic heterocycles. The topological polar surface area (TPSA) is 38.7 Å². The summed E-state index contributed by atoms with van der Waals surface area (Å²) >= 11 is 1.72. The summed E-state index contributed by atoms with van der Waals surface area (Å²) in [6, 6.07) is 40.4. The standard InChI is InChI=1S/C40H27N3S/c1-3-13-32-33-20-12-21-34(37(33)44-36(32)4-2)40-42-38(25-14-6-5-7-15-25)41-39(43-40)26-22-23-31-29-18-9-8-16-27(29)28-17-10-11-19-30(28)35(31)24-26/h3-24H,2H2,1H3/b13-3-. The average molecular weight is 582 g/mol. The van der Waals surface area contributed by atoms with E-state index in [2.05, 4.69) is 116 Å². The van der Waals surface area contributed by atoms with Crippen LogP contribution in [0, 0.1) is 0 Å². The zero-order valence-electron chi connectivity index (χ0n) is 24.2. The number of benzene rings is 6. The van der Waals surface area contributed by atoms with Crippen LogP contribution >= 0.6 is 11.3 Å². The number of fused-ring (bicyclic) bond motifs is 7. The van der Waals surface area contributed by atoms with E-state index >= 15 is 0 Å². The van der Waals surface area contributed by atoms with Gasteiger partial charge in [0.25, 0.3) is 0 Å². The van der Waals surface area contributed by atoms with Gasteiger partial charge in [-0.1, -0.05) is 128 Å². The van der Waals surface area contributed by atoms with E-state index in [1.54, 1.807) is 11.3 Å². The molecule has 0 fully saturated rings. The van der Waals surface area contributed by atoms with Crippen LogP contribution < -0.4 is 0 Å². The van der Waals surface area contributed by atoms with Crippen LogP contribution in [-0.4, -0.2) is 15.0 Å². The summed E-state index contributed by atoms with van der Waals surface area (Å²) in [6.07, 6.45) is 6.15. The molecule has 44 heavy (non-hydrogen) atoms. The van der Waals surface area contributed by atoms with E-state index in [9.17, 15) is 0 Å². The molecule has 0 spiro atoms. The molecule has 0 unspecified atom stereocenters. The first-order valence-corrected chi connectivity index (χ1v) is 15.5. The zero-order chi connectivity index (χ0) is 29.6. The number of aromatic nitrogens is 3. The molecule has 0 atom stereocenters. The molecule has 0 N–H and O–H groups in total. The van der Waals surface area contributed by atoms with Crippen molar-refractivity contribution in [3.8, 4) is 34.2 Å². The Balaban J connectivity index is 1.40. The van der Waals surface area contributed by atoms with Crippen molar-refractivity contribution >= 4 is 65.9 Å². The third-order valence-electron chi connectivity index (χ3n) is 8.21. The van der Waals surface area contributed by atoms with Crippen molar-refractivity contribution in [3.05, 3.63) is 138 Å². The van der Waals surface area contributed by atoms with Crippen LogP contribution in [0.5, 0.6) is 0 Å². The molecule has 3 nitrogen and oxygen atoms in total. The number of rotatable bonds is 5. The van der Waals surface area contributed by atoms with Gasteiger partial charge in [-0.3, -0.25) is 0 Å². The predicted octanol–water partition coefficient (Wildman–Crippen LogP) is 11.2. The molecule has 6 aromatic carbocycles. The predicted molar refractivity (Wildman–Crippen MR) is 189 cm³/mol. The fourth-order valence-corrected chi connectivity index (χ4v) is 7.36. The summed E-state index contributed by atoms with van der Waals surface area (Å²) < 4.78 is 1.14. The quantitative estimate of drug-likeness (QED) is 0.190. The Morgan fingerprint density at radius 3 is 1.77 bits per heavy atom. The summed E-state index contributed by atoms with van der Waals surface area (Å²) in [6.45, 7) is 6.12. The second-order valence-electron chi connectivity index (χ2n) is 10.8. The van der Waals surface area contributed by atoms with Crippen molar-refractivity contribution in [2.75, 3.05) is 0 Å². The van der Waals surface area contributed by atoms with Gasteiger partial charge < -0.3 is 0 Å². The Hall–Kier alpha value is -5.45. The van der Waals surface area contributed by atoms with Crippen molar-refractivity contribution in [2.45, 2.75) is 6.92 Å². The van der Waals surface area contributed by atoms with Crippen LogP contribution in [0.15, 0.2) is 128 Å². The molecule has 4 heteroatoms. The van der Waals surface area contributed by atoms with Gasteiger partial charge in [0.1, 0.15) is 0 Å². The summed E-state index contributed by atoms with van der Waals surface area (Å²) in [7, 11) is 0. The van der Waals surface area contributed by atoms with Gasteiger partial charge >= 0.3 is 0 Å². The Morgan fingerprint density at radius 2 is 1.11 bits per heavy atom. The molecule has 0 saturated carbocycles. The van der Waals surface area contributed by atoms with Gasteiger partial charge in [0.2, 0.25) is 0 Å². The van der Waals surface area contributed by atoms with Crippen molar-refractivity contribution < 1.29 is 0 Å². The summed E-state index contributed by atoms with van der Waals surface area (Å²) in [5.41, 5.74) is 4.08. The smallest absolute Gasteiger partial charge is 0.165 e. The molecule has 2 heterocycles. The Bertz CT molecular complexity index is 2380. The van der Waals surface area contributed by atoms with Gasteiger partial charge in [-0.25, -0.2) is 15.0 Å². The maximum atomic E-state index is 5.15. The van der Waals surface area contributed by atoms with E-state index in [-0.39, 0.29) is 0 Å². The molecule has 2 aromatic heterocycles. The molecule has 0 aliphatic rings. The molecule has 208 valence electrons. The largest absolute Gasteiger partial charge is 0.208 e. The highest BCUT2D eigenvalue weighted by Crippen LogP contribution is 2.40. The van der Waals surface area contributed by atoms with E-state index in [4.69, 9.17) is 15.0 Å². The fourth-order valence-electron chi connectivity index (χ4n) is 6.21. The van der Waals surface area contributed by atoms with Gasteiger partial charge in [-0.2, -0.15) is 0 Å². The number of hydrogen-bond acceptors (Lipinski definition) is 4. The molecule has 8 aromatic rings. The molecule has 0 radical (unpaired) electrons. The summed E-state index contributed by atoms with van der Waals surface area (Å²) in [5, 5.41) is 8.55. The van der Waals surface area contributed by atoms with Crippen LogP contribution in [0.2, 0.25) is 0 Å². The number of nitrogens with zero attached hydrogens (tertiary/aromatic N) is 3. The van der Waals surface area contributed by atoms with Crippen LogP contribution in [0.3, 0.4) is 0 Å². The molecular weight excluding hydrogens is 555 g/mol. The number of hydrogen-bond donors (Lipinski definition) is 0. The van der Waals surface area contributed by atoms with E-state index in [1.165, 1.54) is 43.3 Å². The molecule has 8 rings (SSSR count). The Kier molecular flexibility index (Phi) is 6.36. The first kappa shape index (κ1) is 26.2. The lowest BCUT2D eigenvalue weighted by Gasteiger charge is -2.12. The van der Waals surface area contributed by atoms with Gasteiger partial charge in [0, 0.05) is 31.7 Å². The minimum atomic E-state index is 0.652. The van der Waals surface area contributed by atoms with Crippen LogP contribution in [-0.2, 0) is 0 Å². The van der Waals surface area contributed by atoms with Crippen molar-refractivity contribution in [3.63, 3.8) is 0 Å². The van der Waals surface area contributed by atoms with Crippen LogP contribution in [0.1, 0.15) is 17.4 Å². The van der Waals surface area contributed by atoms with E-state index in [0.29, 0.717) is 17.5 Å².